The number of hydrogen-bond donors (Lipinski definition) is 2. The minimum atomic E-state index is -0.654. The lowest BCUT2D eigenvalue weighted by Crippen LogP contribution is -2.54. The molecule has 0 radical (unpaired) electrons. The van der Waals surface area contributed by atoms with Gasteiger partial charge in [0.05, 0.1) is 5.92 Å². The van der Waals surface area contributed by atoms with Crippen molar-refractivity contribution in [2.75, 3.05) is 7.05 Å². The fraction of sp³-hybridized carbons (Fsp3) is 0.389. The summed E-state index contributed by atoms with van der Waals surface area (Å²) in [6.07, 6.45) is 3.75. The quantitative estimate of drug-likeness (QED) is 0.882. The van der Waals surface area contributed by atoms with E-state index >= 15 is 0 Å². The molecule has 1 aliphatic carbocycles. The van der Waals surface area contributed by atoms with Crippen LogP contribution in [-0.2, 0) is 10.3 Å². The molecule has 130 valence electrons. The normalized spacial score (nSPS) is 26.6. The van der Waals surface area contributed by atoms with Gasteiger partial charge in [-0.15, -0.1) is 11.3 Å². The fourth-order valence-electron chi connectivity index (χ4n) is 3.62. The first-order valence-corrected chi connectivity index (χ1v) is 9.19. The van der Waals surface area contributed by atoms with E-state index in [4.69, 9.17) is 10.7 Å². The molecule has 6 nitrogen and oxygen atoms in total. The zero-order valence-electron chi connectivity index (χ0n) is 14.2. The van der Waals surface area contributed by atoms with Gasteiger partial charge in [0, 0.05) is 24.2 Å². The van der Waals surface area contributed by atoms with Crippen LogP contribution < -0.4 is 11.3 Å². The molecule has 25 heavy (non-hydrogen) atoms. The number of guanidine groups is 1. The number of nitrogens with one attached hydrogen (secondary N) is 1. The lowest BCUT2D eigenvalue weighted by Gasteiger charge is -2.40. The Labute approximate surface area is 149 Å². The van der Waals surface area contributed by atoms with E-state index in [-0.39, 0.29) is 23.3 Å². The number of carbonyl (C=O) groups excluding carboxylic acids is 1. The minimum absolute atomic E-state index is 0.0450. The van der Waals surface area contributed by atoms with E-state index in [0.717, 1.165) is 28.8 Å². The fourth-order valence-corrected chi connectivity index (χ4v) is 4.68. The molecule has 7 heteroatoms. The van der Waals surface area contributed by atoms with E-state index in [0.29, 0.717) is 5.92 Å². The van der Waals surface area contributed by atoms with Crippen LogP contribution >= 0.6 is 11.3 Å². The zero-order chi connectivity index (χ0) is 17.8. The second-order valence-electron chi connectivity index (χ2n) is 6.97. The van der Waals surface area contributed by atoms with Crippen molar-refractivity contribution in [2.24, 2.45) is 22.6 Å². The molecule has 1 fully saturated rings. The Kier molecular flexibility index (Phi) is 3.57. The van der Waals surface area contributed by atoms with E-state index < -0.39 is 5.54 Å². The Bertz CT molecular complexity index is 927. The SMILES string of the molecule is CN1C(=O)[C@@H](C2CC2)[C@@](C)(c2cc(-c3cc[nH]c(=O)c3)cs2)N=C1N. The van der Waals surface area contributed by atoms with Gasteiger partial charge < -0.3 is 10.7 Å². The molecule has 4 rings (SSSR count). The first kappa shape index (κ1) is 16.1. The van der Waals surface area contributed by atoms with Crippen LogP contribution in [0.3, 0.4) is 0 Å². The molecule has 1 saturated carbocycles. The number of nitrogens with zero attached hydrogens (tertiary/aromatic N) is 2. The van der Waals surface area contributed by atoms with E-state index in [1.54, 1.807) is 30.6 Å². The van der Waals surface area contributed by atoms with Crippen LogP contribution in [0, 0.1) is 11.8 Å². The van der Waals surface area contributed by atoms with E-state index in [2.05, 4.69) is 4.98 Å². The molecule has 2 atom stereocenters. The van der Waals surface area contributed by atoms with Gasteiger partial charge in [-0.05, 0) is 54.3 Å². The number of nitrogens with two attached hydrogens (primary N) is 1. The summed E-state index contributed by atoms with van der Waals surface area (Å²) in [5.74, 6) is 0.483. The van der Waals surface area contributed by atoms with E-state index in [1.807, 2.05) is 24.4 Å². The molecule has 0 aromatic carbocycles. The second-order valence-corrected chi connectivity index (χ2v) is 7.88. The maximum Gasteiger partial charge on any atom is 0.248 e. The lowest BCUT2D eigenvalue weighted by molar-refractivity contribution is -0.134. The molecule has 3 heterocycles. The average Bonchev–Trinajstić information content (AvgIpc) is 3.26. The van der Waals surface area contributed by atoms with Gasteiger partial charge in [0.15, 0.2) is 5.96 Å². The van der Waals surface area contributed by atoms with Crippen molar-refractivity contribution in [2.45, 2.75) is 25.3 Å². The van der Waals surface area contributed by atoms with Gasteiger partial charge in [0.25, 0.3) is 0 Å². The molecular weight excluding hydrogens is 336 g/mol. The third-order valence-electron chi connectivity index (χ3n) is 5.19. The van der Waals surface area contributed by atoms with Crippen LogP contribution in [0.25, 0.3) is 11.1 Å². The average molecular weight is 356 g/mol. The van der Waals surface area contributed by atoms with Gasteiger partial charge in [-0.3, -0.25) is 14.5 Å². The predicted molar refractivity (Wildman–Crippen MR) is 98.3 cm³/mol. The van der Waals surface area contributed by atoms with E-state index in [1.165, 1.54) is 4.90 Å². The minimum Gasteiger partial charge on any atom is -0.369 e. The van der Waals surface area contributed by atoms with Crippen molar-refractivity contribution in [1.82, 2.24) is 9.88 Å². The number of aromatic nitrogens is 1. The van der Waals surface area contributed by atoms with Gasteiger partial charge in [-0.25, -0.2) is 4.99 Å². The molecule has 0 unspecified atom stereocenters. The van der Waals surface area contributed by atoms with Crippen molar-refractivity contribution in [3.05, 3.63) is 45.0 Å². The number of carbonyl (C=O) groups is 1. The Morgan fingerprint density at radius 3 is 2.76 bits per heavy atom. The molecular formula is C18H20N4O2S. The topological polar surface area (TPSA) is 91.5 Å². The highest BCUT2D eigenvalue weighted by atomic mass is 32.1. The van der Waals surface area contributed by atoms with Gasteiger partial charge in [0.1, 0.15) is 5.54 Å². The number of pyridine rings is 1. The highest BCUT2D eigenvalue weighted by Crippen LogP contribution is 2.51. The largest absolute Gasteiger partial charge is 0.369 e. The summed E-state index contributed by atoms with van der Waals surface area (Å²) < 4.78 is 0. The number of thiophene rings is 1. The van der Waals surface area contributed by atoms with Crippen molar-refractivity contribution >= 4 is 23.2 Å². The van der Waals surface area contributed by atoms with Crippen LogP contribution in [0.15, 0.2) is 39.6 Å². The number of aromatic amines is 1. The summed E-state index contributed by atoms with van der Waals surface area (Å²) in [5, 5.41) is 2.01. The second kappa shape index (κ2) is 5.56. The predicted octanol–water partition coefficient (Wildman–Crippen LogP) is 2.13. The van der Waals surface area contributed by atoms with Gasteiger partial charge in [-0.1, -0.05) is 0 Å². The number of rotatable bonds is 3. The lowest BCUT2D eigenvalue weighted by atomic mass is 9.79. The van der Waals surface area contributed by atoms with Gasteiger partial charge in [0.2, 0.25) is 11.5 Å². The molecule has 0 spiro atoms. The Morgan fingerprint density at radius 1 is 1.32 bits per heavy atom. The Morgan fingerprint density at radius 2 is 2.08 bits per heavy atom. The first-order valence-electron chi connectivity index (χ1n) is 8.31. The third kappa shape index (κ3) is 2.59. The molecule has 3 N–H and O–H groups in total. The highest BCUT2D eigenvalue weighted by Gasteiger charge is 2.53. The molecule has 0 saturated heterocycles. The summed E-state index contributed by atoms with van der Waals surface area (Å²) in [6.45, 7) is 2.00. The van der Waals surface area contributed by atoms with Crippen molar-refractivity contribution in [1.29, 1.82) is 0 Å². The summed E-state index contributed by atoms with van der Waals surface area (Å²) in [6, 6.07) is 5.47. The highest BCUT2D eigenvalue weighted by molar-refractivity contribution is 7.10. The molecule has 1 amide bonds. The van der Waals surface area contributed by atoms with Crippen LogP contribution in [-0.4, -0.2) is 28.8 Å². The molecule has 2 aromatic rings. The van der Waals surface area contributed by atoms with Gasteiger partial charge in [-0.2, -0.15) is 0 Å². The van der Waals surface area contributed by atoms with Crippen LogP contribution in [0.1, 0.15) is 24.6 Å². The Balaban J connectivity index is 1.79. The number of hydrogen-bond acceptors (Lipinski definition) is 5. The maximum absolute atomic E-state index is 12.9. The number of H-pyrrole nitrogens is 1. The molecule has 2 aliphatic rings. The first-order chi connectivity index (χ1) is 11.9. The molecule has 2 aromatic heterocycles. The van der Waals surface area contributed by atoms with Crippen molar-refractivity contribution in [3.8, 4) is 11.1 Å². The number of amides is 1. The van der Waals surface area contributed by atoms with Crippen molar-refractivity contribution < 1.29 is 4.79 Å². The number of aliphatic imine (C=N–C) groups is 1. The third-order valence-corrected chi connectivity index (χ3v) is 6.35. The van der Waals surface area contributed by atoms with Gasteiger partial charge >= 0.3 is 0 Å². The van der Waals surface area contributed by atoms with Crippen molar-refractivity contribution in [3.63, 3.8) is 0 Å². The molecule has 1 aliphatic heterocycles. The summed E-state index contributed by atoms with van der Waals surface area (Å²) in [5.41, 5.74) is 7.04. The van der Waals surface area contributed by atoms with Crippen LogP contribution in [0.2, 0.25) is 0 Å². The van der Waals surface area contributed by atoms with E-state index in [9.17, 15) is 9.59 Å². The maximum atomic E-state index is 12.9. The summed E-state index contributed by atoms with van der Waals surface area (Å²) in [7, 11) is 1.69. The summed E-state index contributed by atoms with van der Waals surface area (Å²) >= 11 is 1.56. The summed E-state index contributed by atoms with van der Waals surface area (Å²) in [4.78, 5) is 34.2. The zero-order valence-corrected chi connectivity index (χ0v) is 15.0. The standard InChI is InChI=1S/C18H20N4O2S/c1-18(15(10-3-4-10)16(24)22(2)17(19)21-18)13-7-12(9-25-13)11-5-6-20-14(23)8-11/h5-10,15H,3-4H2,1-2H3,(H2,19,21)(H,20,23)/t15-,18-/m1/s1. The monoisotopic (exact) mass is 356 g/mol. The van der Waals surface area contributed by atoms with Crippen LogP contribution in [0.5, 0.6) is 0 Å². The smallest absolute Gasteiger partial charge is 0.248 e. The Hall–Kier alpha value is -2.41. The van der Waals surface area contributed by atoms with Crippen LogP contribution in [0.4, 0.5) is 0 Å². The molecule has 0 bridgehead atoms.